The van der Waals surface area contributed by atoms with Gasteiger partial charge in [-0.15, -0.1) is 24.0 Å². The van der Waals surface area contributed by atoms with Gasteiger partial charge in [-0.2, -0.15) is 0 Å². The first-order valence-electron chi connectivity index (χ1n) is 9.52. The van der Waals surface area contributed by atoms with E-state index < -0.39 is 0 Å². The summed E-state index contributed by atoms with van der Waals surface area (Å²) in [6, 6.07) is 5.38. The van der Waals surface area contributed by atoms with Crippen LogP contribution in [0.3, 0.4) is 0 Å². The number of H-pyrrole nitrogens is 1. The lowest BCUT2D eigenvalue weighted by Gasteiger charge is -2.23. The van der Waals surface area contributed by atoms with Gasteiger partial charge in [-0.25, -0.2) is 4.39 Å². The Morgan fingerprint density at radius 3 is 2.78 bits per heavy atom. The van der Waals surface area contributed by atoms with E-state index >= 15 is 0 Å². The lowest BCUT2D eigenvalue weighted by atomic mass is 10.1. The number of aliphatic imine (C=N–C) groups is 1. The minimum atomic E-state index is -0.198. The molecule has 3 N–H and O–H groups in total. The second kappa shape index (κ2) is 10.3. The van der Waals surface area contributed by atoms with Gasteiger partial charge in [0.25, 0.3) is 0 Å². The van der Waals surface area contributed by atoms with Crippen LogP contribution in [0.25, 0.3) is 10.9 Å². The number of hydrogen-bond acceptors (Lipinski definition) is 2. The number of halogens is 2. The van der Waals surface area contributed by atoms with Crippen LogP contribution < -0.4 is 10.6 Å². The molecule has 150 valence electrons. The van der Waals surface area contributed by atoms with Crippen LogP contribution in [0, 0.1) is 11.7 Å². The number of nitrogens with one attached hydrogen (secondary N) is 3. The summed E-state index contributed by atoms with van der Waals surface area (Å²) in [5, 5.41) is 7.67. The van der Waals surface area contributed by atoms with Crippen molar-refractivity contribution in [2.24, 2.45) is 10.9 Å². The number of rotatable bonds is 8. The molecule has 1 saturated carbocycles. The Morgan fingerprint density at radius 1 is 1.33 bits per heavy atom. The first-order chi connectivity index (χ1) is 12.6. The summed E-state index contributed by atoms with van der Waals surface area (Å²) in [5.41, 5.74) is 2.09. The summed E-state index contributed by atoms with van der Waals surface area (Å²) in [5.74, 6) is 1.44. The average Bonchev–Trinajstić information content (AvgIpc) is 3.36. The summed E-state index contributed by atoms with van der Waals surface area (Å²) in [4.78, 5) is 10.3. The fourth-order valence-electron chi connectivity index (χ4n) is 3.41. The largest absolute Gasteiger partial charge is 0.361 e. The third kappa shape index (κ3) is 6.07. The molecule has 2 aromatic rings. The molecule has 1 aromatic carbocycles. The molecule has 0 bridgehead atoms. The predicted molar refractivity (Wildman–Crippen MR) is 122 cm³/mol. The highest BCUT2D eigenvalue weighted by Crippen LogP contribution is 2.34. The Kier molecular flexibility index (Phi) is 8.34. The number of aromatic amines is 1. The smallest absolute Gasteiger partial charge is 0.191 e. The fraction of sp³-hybridized carbons (Fsp3) is 0.550. The maximum absolute atomic E-state index is 13.5. The first kappa shape index (κ1) is 21.9. The van der Waals surface area contributed by atoms with Gasteiger partial charge in [-0.3, -0.25) is 4.99 Å². The van der Waals surface area contributed by atoms with Crippen molar-refractivity contribution in [3.05, 3.63) is 35.8 Å². The molecule has 0 radical (unpaired) electrons. The predicted octanol–water partition coefficient (Wildman–Crippen LogP) is 3.36. The molecule has 27 heavy (non-hydrogen) atoms. The number of hydrogen-bond donors (Lipinski definition) is 3. The van der Waals surface area contributed by atoms with Crippen molar-refractivity contribution in [2.45, 2.75) is 32.2 Å². The maximum Gasteiger partial charge on any atom is 0.191 e. The van der Waals surface area contributed by atoms with Crippen molar-refractivity contribution >= 4 is 40.8 Å². The molecule has 5 nitrogen and oxygen atoms in total. The normalized spacial score (nSPS) is 15.7. The SMILES string of the molecule is CCNC(=NCC(C1CC1)N(C)C)NCCc1c[nH]c2ccc(F)cc12.I. The van der Waals surface area contributed by atoms with Crippen LogP contribution in [0.4, 0.5) is 4.39 Å². The molecule has 1 unspecified atom stereocenters. The lowest BCUT2D eigenvalue weighted by molar-refractivity contribution is 0.271. The van der Waals surface area contributed by atoms with Crippen molar-refractivity contribution in [1.82, 2.24) is 20.5 Å². The van der Waals surface area contributed by atoms with E-state index in [9.17, 15) is 4.39 Å². The maximum atomic E-state index is 13.5. The monoisotopic (exact) mass is 487 g/mol. The molecule has 1 fully saturated rings. The van der Waals surface area contributed by atoms with E-state index in [1.54, 1.807) is 12.1 Å². The van der Waals surface area contributed by atoms with Crippen LogP contribution >= 0.6 is 24.0 Å². The number of nitrogens with zero attached hydrogens (tertiary/aromatic N) is 2. The van der Waals surface area contributed by atoms with Gasteiger partial charge < -0.3 is 20.5 Å². The third-order valence-corrected chi connectivity index (χ3v) is 5.03. The van der Waals surface area contributed by atoms with Gasteiger partial charge in [-0.05, 0) is 70.0 Å². The Labute approximate surface area is 178 Å². The number of aromatic nitrogens is 1. The average molecular weight is 487 g/mol. The van der Waals surface area contributed by atoms with Gasteiger partial charge in [-0.1, -0.05) is 0 Å². The lowest BCUT2D eigenvalue weighted by Crippen LogP contribution is -2.40. The molecular formula is C20H31FIN5. The van der Waals surface area contributed by atoms with E-state index in [2.05, 4.69) is 41.5 Å². The van der Waals surface area contributed by atoms with E-state index in [4.69, 9.17) is 4.99 Å². The van der Waals surface area contributed by atoms with Gasteiger partial charge in [0.05, 0.1) is 6.54 Å². The minimum Gasteiger partial charge on any atom is -0.361 e. The molecular weight excluding hydrogens is 456 g/mol. The van der Waals surface area contributed by atoms with Crippen LogP contribution in [0.5, 0.6) is 0 Å². The Balaban J connectivity index is 0.00000261. The van der Waals surface area contributed by atoms with Gasteiger partial charge in [0.2, 0.25) is 0 Å². The topological polar surface area (TPSA) is 55.5 Å². The second-order valence-electron chi connectivity index (χ2n) is 7.27. The quantitative estimate of drug-likeness (QED) is 0.304. The fourth-order valence-corrected chi connectivity index (χ4v) is 3.41. The highest BCUT2D eigenvalue weighted by atomic mass is 127. The number of benzene rings is 1. The summed E-state index contributed by atoms with van der Waals surface area (Å²) < 4.78 is 13.5. The molecule has 1 aliphatic rings. The zero-order valence-corrected chi connectivity index (χ0v) is 18.7. The van der Waals surface area contributed by atoms with Crippen molar-refractivity contribution in [3.63, 3.8) is 0 Å². The zero-order chi connectivity index (χ0) is 18.5. The molecule has 0 amide bonds. The summed E-state index contributed by atoms with van der Waals surface area (Å²) >= 11 is 0. The van der Waals surface area contributed by atoms with Gasteiger partial charge in [0.1, 0.15) is 5.82 Å². The van der Waals surface area contributed by atoms with E-state index in [-0.39, 0.29) is 29.8 Å². The van der Waals surface area contributed by atoms with Crippen LogP contribution in [-0.4, -0.2) is 55.6 Å². The van der Waals surface area contributed by atoms with Gasteiger partial charge in [0, 0.05) is 36.2 Å². The molecule has 7 heteroatoms. The number of likely N-dealkylation sites (N-methyl/N-ethyl adjacent to an activating group) is 1. The van der Waals surface area contributed by atoms with Gasteiger partial charge in [0.15, 0.2) is 5.96 Å². The van der Waals surface area contributed by atoms with Crippen LogP contribution in [0.1, 0.15) is 25.3 Å². The van der Waals surface area contributed by atoms with E-state index in [0.29, 0.717) is 6.04 Å². The Hall–Kier alpha value is -1.35. The first-order valence-corrected chi connectivity index (χ1v) is 9.52. The van der Waals surface area contributed by atoms with E-state index in [0.717, 1.165) is 54.4 Å². The van der Waals surface area contributed by atoms with Gasteiger partial charge >= 0.3 is 0 Å². The van der Waals surface area contributed by atoms with Crippen molar-refractivity contribution in [1.29, 1.82) is 0 Å². The third-order valence-electron chi connectivity index (χ3n) is 5.03. The highest BCUT2D eigenvalue weighted by Gasteiger charge is 2.32. The van der Waals surface area contributed by atoms with E-state index in [1.165, 1.54) is 18.9 Å². The molecule has 1 aliphatic carbocycles. The highest BCUT2D eigenvalue weighted by molar-refractivity contribution is 14.0. The zero-order valence-electron chi connectivity index (χ0n) is 16.4. The van der Waals surface area contributed by atoms with Crippen LogP contribution in [0.15, 0.2) is 29.4 Å². The van der Waals surface area contributed by atoms with Crippen molar-refractivity contribution in [2.75, 3.05) is 33.7 Å². The molecule has 0 spiro atoms. The van der Waals surface area contributed by atoms with Crippen LogP contribution in [-0.2, 0) is 6.42 Å². The summed E-state index contributed by atoms with van der Waals surface area (Å²) in [6.07, 6.45) is 5.41. The summed E-state index contributed by atoms with van der Waals surface area (Å²) in [6.45, 7) is 4.47. The molecule has 0 aliphatic heterocycles. The van der Waals surface area contributed by atoms with E-state index in [1.807, 2.05) is 6.20 Å². The van der Waals surface area contributed by atoms with Crippen LogP contribution in [0.2, 0.25) is 0 Å². The molecule has 3 rings (SSSR count). The van der Waals surface area contributed by atoms with Crippen molar-refractivity contribution in [3.8, 4) is 0 Å². The Morgan fingerprint density at radius 2 is 2.11 bits per heavy atom. The molecule has 1 aromatic heterocycles. The van der Waals surface area contributed by atoms with Crippen molar-refractivity contribution < 1.29 is 4.39 Å². The number of fused-ring (bicyclic) bond motifs is 1. The molecule has 1 heterocycles. The minimum absolute atomic E-state index is 0. The molecule has 0 saturated heterocycles. The number of guanidine groups is 1. The standard InChI is InChI=1S/C20H30FN5.HI/c1-4-22-20(25-13-19(26(2)3)14-5-6-14)23-10-9-15-12-24-18-8-7-16(21)11-17(15)18;/h7-8,11-12,14,19,24H,4-6,9-10,13H2,1-3H3,(H2,22,23,25);1H. The second-order valence-corrected chi connectivity index (χ2v) is 7.27. The molecule has 1 atom stereocenters. The Bertz CT molecular complexity index is 752. The summed E-state index contributed by atoms with van der Waals surface area (Å²) in [7, 11) is 4.27.